The first-order valence-electron chi connectivity index (χ1n) is 8.02. The van der Waals surface area contributed by atoms with Crippen LogP contribution in [0.1, 0.15) is 37.5 Å². The molecule has 1 aliphatic rings. The molecule has 1 saturated heterocycles. The van der Waals surface area contributed by atoms with Gasteiger partial charge in [0, 0.05) is 19.0 Å². The fourth-order valence-electron chi connectivity index (χ4n) is 2.78. The van der Waals surface area contributed by atoms with E-state index in [1.54, 1.807) is 31.4 Å². The second-order valence-corrected chi connectivity index (χ2v) is 9.13. The van der Waals surface area contributed by atoms with Gasteiger partial charge in [0.05, 0.1) is 0 Å². The van der Waals surface area contributed by atoms with Crippen molar-refractivity contribution >= 4 is 27.3 Å². The van der Waals surface area contributed by atoms with E-state index >= 15 is 0 Å². The molecule has 0 bridgehead atoms. The Bertz CT molecular complexity index is 824. The summed E-state index contributed by atoms with van der Waals surface area (Å²) in [6, 6.07) is 2.95. The lowest BCUT2D eigenvalue weighted by atomic mass is 9.97. The quantitative estimate of drug-likeness (QED) is 0.841. The van der Waals surface area contributed by atoms with Crippen molar-refractivity contribution in [1.29, 1.82) is 0 Å². The third-order valence-corrected chi connectivity index (χ3v) is 7.46. The Morgan fingerprint density at radius 2 is 2.16 bits per heavy atom. The highest BCUT2D eigenvalue weighted by Gasteiger charge is 2.33. The zero-order valence-corrected chi connectivity index (χ0v) is 15.6. The van der Waals surface area contributed by atoms with E-state index in [2.05, 4.69) is 15.5 Å². The third-order valence-electron chi connectivity index (χ3n) is 4.19. The number of piperidine rings is 1. The van der Waals surface area contributed by atoms with Gasteiger partial charge < -0.3 is 9.84 Å². The number of amides is 1. The zero-order chi connectivity index (χ0) is 18.0. The highest BCUT2D eigenvalue weighted by Crippen LogP contribution is 2.26. The Morgan fingerprint density at radius 1 is 1.44 bits per heavy atom. The van der Waals surface area contributed by atoms with Crippen LogP contribution in [0.25, 0.3) is 0 Å². The van der Waals surface area contributed by atoms with Crippen LogP contribution in [0, 0.1) is 12.8 Å². The second-order valence-electron chi connectivity index (χ2n) is 6.02. The molecule has 8 nitrogen and oxygen atoms in total. The first-order valence-corrected chi connectivity index (χ1v) is 10.3. The first kappa shape index (κ1) is 18.0. The van der Waals surface area contributed by atoms with Crippen LogP contribution >= 0.6 is 11.3 Å². The van der Waals surface area contributed by atoms with Crippen molar-refractivity contribution in [3.05, 3.63) is 29.2 Å². The van der Waals surface area contributed by atoms with E-state index in [1.165, 1.54) is 15.6 Å². The SMILES string of the molecule is Cc1noc(C(C)NC(=O)C2CCN(S(=O)(=O)c3cccs3)CC2)n1. The molecule has 0 aromatic carbocycles. The molecule has 2 aromatic rings. The van der Waals surface area contributed by atoms with Gasteiger partial charge >= 0.3 is 0 Å². The van der Waals surface area contributed by atoms with Crippen LogP contribution in [0.15, 0.2) is 26.2 Å². The fraction of sp³-hybridized carbons (Fsp3) is 0.533. The average Bonchev–Trinajstić information content (AvgIpc) is 3.26. The van der Waals surface area contributed by atoms with E-state index in [9.17, 15) is 13.2 Å². The number of nitrogens with one attached hydrogen (secondary N) is 1. The number of hydrogen-bond acceptors (Lipinski definition) is 7. The standard InChI is InChI=1S/C15H20N4O4S2/c1-10(15-17-11(2)18-23-15)16-14(20)12-5-7-19(8-6-12)25(21,22)13-4-3-9-24-13/h3-4,9-10,12H,5-8H2,1-2H3,(H,16,20). The minimum Gasteiger partial charge on any atom is -0.344 e. The topological polar surface area (TPSA) is 105 Å². The lowest BCUT2D eigenvalue weighted by molar-refractivity contribution is -0.126. The van der Waals surface area contributed by atoms with Crippen LogP contribution in [0.5, 0.6) is 0 Å². The summed E-state index contributed by atoms with van der Waals surface area (Å²) in [4.78, 5) is 16.5. The van der Waals surface area contributed by atoms with Gasteiger partial charge in [0.2, 0.25) is 11.8 Å². The summed E-state index contributed by atoms with van der Waals surface area (Å²) in [5.41, 5.74) is 0. The molecule has 1 amide bonds. The molecule has 25 heavy (non-hydrogen) atoms. The molecule has 0 radical (unpaired) electrons. The van der Waals surface area contributed by atoms with Crippen molar-refractivity contribution in [2.45, 2.75) is 36.9 Å². The van der Waals surface area contributed by atoms with Gasteiger partial charge in [-0.05, 0) is 38.1 Å². The minimum absolute atomic E-state index is 0.114. The highest BCUT2D eigenvalue weighted by molar-refractivity contribution is 7.91. The van der Waals surface area contributed by atoms with E-state index in [4.69, 9.17) is 4.52 Å². The van der Waals surface area contributed by atoms with Gasteiger partial charge in [-0.1, -0.05) is 11.2 Å². The number of aryl methyl sites for hydroxylation is 1. The predicted octanol–water partition coefficient (Wildman–Crippen LogP) is 1.72. The number of carbonyl (C=O) groups excluding carboxylic acids is 1. The van der Waals surface area contributed by atoms with Crippen LogP contribution < -0.4 is 5.32 Å². The number of hydrogen-bond donors (Lipinski definition) is 1. The van der Waals surface area contributed by atoms with Gasteiger partial charge in [-0.25, -0.2) is 8.42 Å². The summed E-state index contributed by atoms with van der Waals surface area (Å²) >= 11 is 1.21. The highest BCUT2D eigenvalue weighted by atomic mass is 32.2. The molecule has 0 saturated carbocycles. The fourth-order valence-corrected chi connectivity index (χ4v) is 5.39. The lowest BCUT2D eigenvalue weighted by Gasteiger charge is -2.30. The van der Waals surface area contributed by atoms with Crippen LogP contribution in [0.3, 0.4) is 0 Å². The summed E-state index contributed by atoms with van der Waals surface area (Å²) in [7, 11) is -3.44. The number of rotatable bonds is 5. The number of sulfonamides is 1. The van der Waals surface area contributed by atoms with E-state index in [-0.39, 0.29) is 17.9 Å². The second kappa shape index (κ2) is 7.22. The average molecular weight is 384 g/mol. The Balaban J connectivity index is 1.56. The van der Waals surface area contributed by atoms with Gasteiger partial charge in [0.25, 0.3) is 10.0 Å². The monoisotopic (exact) mass is 384 g/mol. The van der Waals surface area contributed by atoms with Crippen molar-refractivity contribution in [1.82, 2.24) is 19.8 Å². The Labute approximate surface area is 150 Å². The smallest absolute Gasteiger partial charge is 0.252 e. The molecule has 0 aliphatic carbocycles. The maximum absolute atomic E-state index is 12.5. The van der Waals surface area contributed by atoms with E-state index in [1.807, 2.05) is 0 Å². The predicted molar refractivity (Wildman–Crippen MR) is 91.4 cm³/mol. The van der Waals surface area contributed by atoms with Crippen LogP contribution in [0.2, 0.25) is 0 Å². The van der Waals surface area contributed by atoms with Gasteiger partial charge in [-0.3, -0.25) is 4.79 Å². The Morgan fingerprint density at radius 3 is 2.72 bits per heavy atom. The summed E-state index contributed by atoms with van der Waals surface area (Å²) in [6.07, 6.45) is 0.984. The number of aromatic nitrogens is 2. The normalized spacial score (nSPS) is 18.2. The van der Waals surface area contributed by atoms with Gasteiger partial charge in [-0.15, -0.1) is 11.3 Å². The lowest BCUT2D eigenvalue weighted by Crippen LogP contribution is -2.43. The first-order chi connectivity index (χ1) is 11.9. The van der Waals surface area contributed by atoms with E-state index < -0.39 is 10.0 Å². The molecule has 3 rings (SSSR count). The largest absolute Gasteiger partial charge is 0.344 e. The van der Waals surface area contributed by atoms with E-state index in [0.717, 1.165) is 0 Å². The zero-order valence-electron chi connectivity index (χ0n) is 14.0. The van der Waals surface area contributed by atoms with Crippen molar-refractivity contribution < 1.29 is 17.7 Å². The van der Waals surface area contributed by atoms with Gasteiger partial charge in [-0.2, -0.15) is 9.29 Å². The molecule has 10 heteroatoms. The molecular weight excluding hydrogens is 364 g/mol. The summed E-state index contributed by atoms with van der Waals surface area (Å²) < 4.78 is 31.8. The molecule has 136 valence electrons. The maximum atomic E-state index is 12.5. The van der Waals surface area contributed by atoms with Gasteiger partial charge in [0.1, 0.15) is 10.3 Å². The third kappa shape index (κ3) is 3.91. The van der Waals surface area contributed by atoms with Crippen molar-refractivity contribution in [2.75, 3.05) is 13.1 Å². The van der Waals surface area contributed by atoms with Crippen LogP contribution in [0.4, 0.5) is 0 Å². The molecule has 1 unspecified atom stereocenters. The van der Waals surface area contributed by atoms with Gasteiger partial charge in [0.15, 0.2) is 5.82 Å². The molecular formula is C15H20N4O4S2. The maximum Gasteiger partial charge on any atom is 0.252 e. The number of thiophene rings is 1. The summed E-state index contributed by atoms with van der Waals surface area (Å²) in [5, 5.41) is 8.31. The molecule has 2 aromatic heterocycles. The molecule has 1 N–H and O–H groups in total. The molecule has 1 fully saturated rings. The summed E-state index contributed by atoms with van der Waals surface area (Å²) in [5.74, 6) is 0.546. The molecule has 1 aliphatic heterocycles. The van der Waals surface area contributed by atoms with Crippen molar-refractivity contribution in [2.24, 2.45) is 5.92 Å². The van der Waals surface area contributed by atoms with Crippen LogP contribution in [-0.4, -0.2) is 41.9 Å². The summed E-state index contributed by atoms with van der Waals surface area (Å²) in [6.45, 7) is 4.17. The molecule has 0 spiro atoms. The molecule has 3 heterocycles. The minimum atomic E-state index is -3.44. The Hall–Kier alpha value is -1.78. The Kier molecular flexibility index (Phi) is 5.21. The van der Waals surface area contributed by atoms with Crippen molar-refractivity contribution in [3.63, 3.8) is 0 Å². The van der Waals surface area contributed by atoms with Crippen LogP contribution in [-0.2, 0) is 14.8 Å². The molecule has 1 atom stereocenters. The number of nitrogens with zero attached hydrogens (tertiary/aromatic N) is 3. The van der Waals surface area contributed by atoms with Crippen molar-refractivity contribution in [3.8, 4) is 0 Å². The van der Waals surface area contributed by atoms with E-state index in [0.29, 0.717) is 41.9 Å². The number of carbonyl (C=O) groups is 1.